The first-order valence-electron chi connectivity index (χ1n) is 10.0. The van der Waals surface area contributed by atoms with Gasteiger partial charge in [-0.1, -0.05) is 30.3 Å². The van der Waals surface area contributed by atoms with Crippen LogP contribution in [0.2, 0.25) is 0 Å². The minimum atomic E-state index is -0.323. The van der Waals surface area contributed by atoms with Crippen LogP contribution in [0.3, 0.4) is 0 Å². The van der Waals surface area contributed by atoms with E-state index in [0.717, 1.165) is 24.7 Å². The van der Waals surface area contributed by atoms with Crippen LogP contribution in [-0.4, -0.2) is 30.9 Å². The molecule has 5 heteroatoms. The number of ether oxygens (including phenoxy) is 1. The van der Waals surface area contributed by atoms with Gasteiger partial charge in [0.25, 0.3) is 0 Å². The van der Waals surface area contributed by atoms with Gasteiger partial charge in [0.1, 0.15) is 0 Å². The van der Waals surface area contributed by atoms with Crippen molar-refractivity contribution in [2.24, 2.45) is 5.92 Å². The van der Waals surface area contributed by atoms with Crippen LogP contribution >= 0.6 is 0 Å². The Morgan fingerprint density at radius 2 is 1.78 bits per heavy atom. The lowest BCUT2D eigenvalue weighted by atomic mass is 9.78. The van der Waals surface area contributed by atoms with E-state index in [1.807, 2.05) is 6.92 Å². The minimum absolute atomic E-state index is 0.0777. The Labute approximate surface area is 163 Å². The highest BCUT2D eigenvalue weighted by molar-refractivity contribution is 6.62. The fraction of sp³-hybridized carbons (Fsp3) is 0.591. The highest BCUT2D eigenvalue weighted by atomic mass is 16.7. The smallest absolute Gasteiger partial charge is 0.466 e. The van der Waals surface area contributed by atoms with Gasteiger partial charge in [0, 0.05) is 6.42 Å². The van der Waals surface area contributed by atoms with Crippen LogP contribution in [0, 0.1) is 5.92 Å². The largest absolute Gasteiger partial charge is 0.494 e. The van der Waals surface area contributed by atoms with Crippen molar-refractivity contribution in [2.75, 3.05) is 6.61 Å². The van der Waals surface area contributed by atoms with Gasteiger partial charge in [-0.15, -0.1) is 0 Å². The van der Waals surface area contributed by atoms with Crippen molar-refractivity contribution >= 4 is 24.1 Å². The molecule has 0 N–H and O–H groups in total. The first-order chi connectivity index (χ1) is 12.7. The quantitative estimate of drug-likeness (QED) is 0.578. The lowest BCUT2D eigenvalue weighted by molar-refractivity contribution is -0.144. The second-order valence-electron chi connectivity index (χ2n) is 8.59. The van der Waals surface area contributed by atoms with Crippen molar-refractivity contribution in [1.82, 2.24) is 0 Å². The third-order valence-electron chi connectivity index (χ3n) is 6.09. The molecule has 1 saturated heterocycles. The number of carbonyl (C=O) groups excluding carboxylic acids is 1. The van der Waals surface area contributed by atoms with Gasteiger partial charge in [0.2, 0.25) is 0 Å². The number of rotatable bonds is 5. The molecule has 3 rings (SSSR count). The maximum Gasteiger partial charge on any atom is 0.494 e. The number of allylic oxidation sites excluding steroid dienone is 2. The summed E-state index contributed by atoms with van der Waals surface area (Å²) in [6, 6.07) is 8.50. The van der Waals surface area contributed by atoms with Gasteiger partial charge in [0.05, 0.1) is 17.8 Å². The number of benzene rings is 1. The van der Waals surface area contributed by atoms with Gasteiger partial charge in [-0.3, -0.25) is 4.79 Å². The van der Waals surface area contributed by atoms with Gasteiger partial charge in [0.15, 0.2) is 0 Å². The Morgan fingerprint density at radius 1 is 1.15 bits per heavy atom. The Balaban J connectivity index is 1.62. The highest BCUT2D eigenvalue weighted by Gasteiger charge is 2.51. The molecular weight excluding hydrogens is 339 g/mol. The molecule has 0 spiro atoms. The zero-order valence-corrected chi connectivity index (χ0v) is 17.2. The van der Waals surface area contributed by atoms with Crippen LogP contribution in [0.1, 0.15) is 65.9 Å². The first-order valence-corrected chi connectivity index (χ1v) is 10.0. The van der Waals surface area contributed by atoms with E-state index < -0.39 is 0 Å². The van der Waals surface area contributed by atoms with E-state index in [2.05, 4.69) is 58.0 Å². The molecule has 1 atom stereocenters. The van der Waals surface area contributed by atoms with E-state index in [1.165, 1.54) is 11.1 Å². The summed E-state index contributed by atoms with van der Waals surface area (Å²) >= 11 is 0. The SMILES string of the molecule is CCOC(=O)CC1CC=C(c2ccc(B3OC(C)(C)C(C)(C)O3)cc2)CC1. The molecule has 1 fully saturated rings. The highest BCUT2D eigenvalue weighted by Crippen LogP contribution is 2.37. The maximum atomic E-state index is 11.7. The minimum Gasteiger partial charge on any atom is -0.466 e. The summed E-state index contributed by atoms with van der Waals surface area (Å²) in [6.45, 7) is 10.6. The van der Waals surface area contributed by atoms with Crippen LogP contribution in [0.5, 0.6) is 0 Å². The van der Waals surface area contributed by atoms with Crippen molar-refractivity contribution in [1.29, 1.82) is 0 Å². The molecule has 4 nitrogen and oxygen atoms in total. The standard InChI is InChI=1S/C22H31BO4/c1-6-25-20(24)15-16-7-9-17(10-8-16)18-11-13-19(14-12-18)23-26-21(2,3)22(4,5)27-23/h9,11-14,16H,6-8,10,15H2,1-5H3. The number of esters is 1. The summed E-state index contributed by atoms with van der Waals surface area (Å²) < 4.78 is 17.3. The zero-order chi connectivity index (χ0) is 19.7. The predicted octanol–water partition coefficient (Wildman–Crippen LogP) is 4.12. The van der Waals surface area contributed by atoms with Gasteiger partial charge >= 0.3 is 13.1 Å². The lowest BCUT2D eigenvalue weighted by Crippen LogP contribution is -2.41. The number of carbonyl (C=O) groups is 1. The molecule has 1 unspecified atom stereocenters. The Hall–Kier alpha value is -1.59. The molecule has 1 aromatic rings. The van der Waals surface area contributed by atoms with E-state index in [0.29, 0.717) is 18.9 Å². The second kappa shape index (κ2) is 7.80. The monoisotopic (exact) mass is 370 g/mol. The molecular formula is C22H31BO4. The molecule has 0 aromatic heterocycles. The second-order valence-corrected chi connectivity index (χ2v) is 8.59. The van der Waals surface area contributed by atoms with E-state index in [1.54, 1.807) is 0 Å². The van der Waals surface area contributed by atoms with Crippen molar-refractivity contribution in [3.05, 3.63) is 35.9 Å². The zero-order valence-electron chi connectivity index (χ0n) is 17.2. The van der Waals surface area contributed by atoms with Gasteiger partial charge < -0.3 is 14.0 Å². The van der Waals surface area contributed by atoms with Crippen LogP contribution in [0.15, 0.2) is 30.3 Å². The van der Waals surface area contributed by atoms with E-state index in [4.69, 9.17) is 14.0 Å². The molecule has 1 aromatic carbocycles. The molecule has 1 aliphatic heterocycles. The van der Waals surface area contributed by atoms with Crippen LogP contribution in [0.4, 0.5) is 0 Å². The Kier molecular flexibility index (Phi) is 5.83. The molecule has 27 heavy (non-hydrogen) atoms. The normalized spacial score (nSPS) is 23.8. The van der Waals surface area contributed by atoms with Crippen molar-refractivity contribution < 1.29 is 18.8 Å². The van der Waals surface area contributed by atoms with Crippen LogP contribution in [-0.2, 0) is 18.8 Å². The molecule has 1 heterocycles. The van der Waals surface area contributed by atoms with Gasteiger partial charge in [-0.25, -0.2) is 0 Å². The molecule has 146 valence electrons. The summed E-state index contributed by atoms with van der Waals surface area (Å²) in [7, 11) is -0.321. The fourth-order valence-corrected chi connectivity index (χ4v) is 3.63. The van der Waals surface area contributed by atoms with Gasteiger partial charge in [-0.2, -0.15) is 0 Å². The molecule has 1 aliphatic carbocycles. The van der Waals surface area contributed by atoms with Crippen molar-refractivity contribution in [3.63, 3.8) is 0 Å². The van der Waals surface area contributed by atoms with E-state index in [9.17, 15) is 4.79 Å². The number of hydrogen-bond acceptors (Lipinski definition) is 4. The summed E-state index contributed by atoms with van der Waals surface area (Å²) in [5.41, 5.74) is 3.00. The van der Waals surface area contributed by atoms with Crippen molar-refractivity contribution in [3.8, 4) is 0 Å². The average molecular weight is 370 g/mol. The lowest BCUT2D eigenvalue weighted by Gasteiger charge is -2.32. The maximum absolute atomic E-state index is 11.7. The Morgan fingerprint density at radius 3 is 2.30 bits per heavy atom. The molecule has 0 saturated carbocycles. The number of hydrogen-bond donors (Lipinski definition) is 0. The molecule has 0 amide bonds. The molecule has 0 bridgehead atoms. The summed E-state index contributed by atoms with van der Waals surface area (Å²) in [5.74, 6) is 0.322. The summed E-state index contributed by atoms with van der Waals surface area (Å²) in [6.07, 6.45) is 5.77. The van der Waals surface area contributed by atoms with E-state index in [-0.39, 0.29) is 24.3 Å². The summed E-state index contributed by atoms with van der Waals surface area (Å²) in [4.78, 5) is 11.7. The third kappa shape index (κ3) is 4.46. The van der Waals surface area contributed by atoms with Crippen molar-refractivity contribution in [2.45, 2.75) is 71.5 Å². The van der Waals surface area contributed by atoms with E-state index >= 15 is 0 Å². The molecule has 0 radical (unpaired) electrons. The third-order valence-corrected chi connectivity index (χ3v) is 6.09. The van der Waals surface area contributed by atoms with Crippen LogP contribution < -0.4 is 5.46 Å². The predicted molar refractivity (Wildman–Crippen MR) is 109 cm³/mol. The first kappa shape index (κ1) is 20.2. The average Bonchev–Trinajstić information content (AvgIpc) is 2.84. The Bertz CT molecular complexity index is 690. The fourth-order valence-electron chi connectivity index (χ4n) is 3.63. The topological polar surface area (TPSA) is 44.8 Å². The van der Waals surface area contributed by atoms with Crippen LogP contribution in [0.25, 0.3) is 5.57 Å². The molecule has 2 aliphatic rings. The van der Waals surface area contributed by atoms with Gasteiger partial charge in [-0.05, 0) is 76.4 Å². The summed E-state index contributed by atoms with van der Waals surface area (Å²) in [5, 5.41) is 0.